The van der Waals surface area contributed by atoms with Crippen LogP contribution in [0, 0.1) is 0 Å². The van der Waals surface area contributed by atoms with E-state index in [4.69, 9.17) is 28.3 Å². The SMILES string of the molecule is CCCC(=O)Nc1c(Cl)ccc(Cl)c1C(=O)O. The number of carboxylic acid groups (broad SMARTS) is 1. The minimum Gasteiger partial charge on any atom is -0.478 e. The molecule has 0 aliphatic rings. The molecule has 6 heteroatoms. The van der Waals surface area contributed by atoms with Gasteiger partial charge in [0, 0.05) is 6.42 Å². The monoisotopic (exact) mass is 275 g/mol. The average molecular weight is 276 g/mol. The first kappa shape index (κ1) is 13.8. The number of amides is 1. The van der Waals surface area contributed by atoms with E-state index in [1.165, 1.54) is 12.1 Å². The number of nitrogens with one attached hydrogen (secondary N) is 1. The molecule has 0 atom stereocenters. The van der Waals surface area contributed by atoms with E-state index in [2.05, 4.69) is 5.32 Å². The summed E-state index contributed by atoms with van der Waals surface area (Å²) in [5, 5.41) is 11.7. The molecular formula is C11H11Cl2NO3. The summed E-state index contributed by atoms with van der Waals surface area (Å²) in [5.74, 6) is -1.52. The van der Waals surface area contributed by atoms with E-state index in [0.29, 0.717) is 12.8 Å². The van der Waals surface area contributed by atoms with Crippen LogP contribution in [0.5, 0.6) is 0 Å². The Kier molecular flexibility index (Phi) is 4.78. The van der Waals surface area contributed by atoms with Crippen LogP contribution in [-0.2, 0) is 4.79 Å². The van der Waals surface area contributed by atoms with Crippen LogP contribution in [0.3, 0.4) is 0 Å². The van der Waals surface area contributed by atoms with Crippen LogP contribution in [0.15, 0.2) is 12.1 Å². The largest absolute Gasteiger partial charge is 0.478 e. The number of carbonyl (C=O) groups excluding carboxylic acids is 1. The van der Waals surface area contributed by atoms with Gasteiger partial charge in [0.25, 0.3) is 0 Å². The molecule has 0 bridgehead atoms. The fraction of sp³-hybridized carbons (Fsp3) is 0.273. The number of rotatable bonds is 4. The molecule has 0 saturated carbocycles. The van der Waals surface area contributed by atoms with Crippen LogP contribution in [0.2, 0.25) is 10.0 Å². The summed E-state index contributed by atoms with van der Waals surface area (Å²) >= 11 is 11.6. The fourth-order valence-electron chi connectivity index (χ4n) is 1.31. The predicted octanol–water partition coefficient (Wildman–Crippen LogP) is 3.43. The second-order valence-corrected chi connectivity index (χ2v) is 4.20. The summed E-state index contributed by atoms with van der Waals surface area (Å²) in [5.41, 5.74) is -0.145. The van der Waals surface area contributed by atoms with E-state index < -0.39 is 5.97 Å². The van der Waals surface area contributed by atoms with Gasteiger partial charge in [0.05, 0.1) is 15.7 Å². The van der Waals surface area contributed by atoms with Crippen molar-refractivity contribution in [2.75, 3.05) is 5.32 Å². The molecule has 0 aromatic heterocycles. The van der Waals surface area contributed by atoms with Crippen LogP contribution in [0.25, 0.3) is 0 Å². The number of aromatic carboxylic acids is 1. The Morgan fingerprint density at radius 1 is 1.29 bits per heavy atom. The lowest BCUT2D eigenvalue weighted by Gasteiger charge is -2.11. The molecule has 1 aromatic rings. The molecule has 2 N–H and O–H groups in total. The zero-order chi connectivity index (χ0) is 13.0. The summed E-state index contributed by atoms with van der Waals surface area (Å²) in [6.45, 7) is 1.84. The lowest BCUT2D eigenvalue weighted by molar-refractivity contribution is -0.116. The third-order valence-electron chi connectivity index (χ3n) is 2.06. The van der Waals surface area contributed by atoms with Gasteiger partial charge in [0.15, 0.2) is 0 Å². The fourth-order valence-corrected chi connectivity index (χ4v) is 1.76. The molecule has 92 valence electrons. The first-order valence-corrected chi connectivity index (χ1v) is 5.74. The van der Waals surface area contributed by atoms with Crippen molar-refractivity contribution >= 4 is 40.8 Å². The van der Waals surface area contributed by atoms with Crippen molar-refractivity contribution in [3.63, 3.8) is 0 Å². The third kappa shape index (κ3) is 3.35. The van der Waals surface area contributed by atoms with Gasteiger partial charge in [-0.15, -0.1) is 0 Å². The smallest absolute Gasteiger partial charge is 0.339 e. The Labute approximate surface area is 109 Å². The van der Waals surface area contributed by atoms with Crippen LogP contribution >= 0.6 is 23.2 Å². The van der Waals surface area contributed by atoms with Crippen molar-refractivity contribution in [2.45, 2.75) is 19.8 Å². The van der Waals surface area contributed by atoms with E-state index in [9.17, 15) is 9.59 Å². The number of hydrogen-bond acceptors (Lipinski definition) is 2. The minimum absolute atomic E-state index is 0.0358. The molecule has 4 nitrogen and oxygen atoms in total. The number of carboxylic acids is 1. The first-order chi connectivity index (χ1) is 7.97. The van der Waals surface area contributed by atoms with Crippen molar-refractivity contribution < 1.29 is 14.7 Å². The Morgan fingerprint density at radius 2 is 1.88 bits per heavy atom. The second kappa shape index (κ2) is 5.89. The number of benzene rings is 1. The Bertz CT molecular complexity index is 460. The standard InChI is InChI=1S/C11H11Cl2NO3/c1-2-3-8(15)14-10-7(13)5-4-6(12)9(10)11(16)17/h4-5H,2-3H2,1H3,(H,14,15)(H,16,17). The summed E-state index contributed by atoms with van der Waals surface area (Å²) in [6.07, 6.45) is 0.953. The number of anilines is 1. The van der Waals surface area contributed by atoms with Crippen molar-refractivity contribution in [1.29, 1.82) is 0 Å². The highest BCUT2D eigenvalue weighted by atomic mass is 35.5. The van der Waals surface area contributed by atoms with Gasteiger partial charge in [-0.1, -0.05) is 30.1 Å². The molecule has 0 spiro atoms. The zero-order valence-corrected chi connectivity index (χ0v) is 10.6. The molecule has 0 aliphatic carbocycles. The molecular weight excluding hydrogens is 265 g/mol. The summed E-state index contributed by atoms with van der Waals surface area (Å²) in [4.78, 5) is 22.5. The highest BCUT2D eigenvalue weighted by Gasteiger charge is 2.19. The van der Waals surface area contributed by atoms with Gasteiger partial charge in [-0.3, -0.25) is 4.79 Å². The van der Waals surface area contributed by atoms with Gasteiger partial charge in [-0.25, -0.2) is 4.79 Å². The molecule has 1 amide bonds. The van der Waals surface area contributed by atoms with Crippen LogP contribution in [0.1, 0.15) is 30.1 Å². The van der Waals surface area contributed by atoms with Gasteiger partial charge in [-0.2, -0.15) is 0 Å². The van der Waals surface area contributed by atoms with E-state index in [0.717, 1.165) is 0 Å². The van der Waals surface area contributed by atoms with Gasteiger partial charge in [0.1, 0.15) is 5.56 Å². The van der Waals surface area contributed by atoms with E-state index in [-0.39, 0.29) is 27.2 Å². The Hall–Kier alpha value is -1.26. The zero-order valence-electron chi connectivity index (χ0n) is 9.09. The Balaban J connectivity index is 3.16. The van der Waals surface area contributed by atoms with Crippen molar-refractivity contribution in [1.82, 2.24) is 0 Å². The van der Waals surface area contributed by atoms with Crippen molar-refractivity contribution in [2.24, 2.45) is 0 Å². The van der Waals surface area contributed by atoms with Gasteiger partial charge >= 0.3 is 5.97 Å². The number of hydrogen-bond donors (Lipinski definition) is 2. The van der Waals surface area contributed by atoms with Gasteiger partial charge < -0.3 is 10.4 Å². The molecule has 0 unspecified atom stereocenters. The summed E-state index contributed by atoms with van der Waals surface area (Å²) in [7, 11) is 0. The van der Waals surface area contributed by atoms with E-state index in [1.807, 2.05) is 6.92 Å². The normalized spacial score (nSPS) is 10.1. The number of halogens is 2. The third-order valence-corrected chi connectivity index (χ3v) is 2.69. The highest BCUT2D eigenvalue weighted by Crippen LogP contribution is 2.32. The molecule has 0 fully saturated rings. The first-order valence-electron chi connectivity index (χ1n) is 4.98. The van der Waals surface area contributed by atoms with Crippen LogP contribution < -0.4 is 5.32 Å². The highest BCUT2D eigenvalue weighted by molar-refractivity contribution is 6.38. The van der Waals surface area contributed by atoms with E-state index >= 15 is 0 Å². The van der Waals surface area contributed by atoms with Gasteiger partial charge in [-0.05, 0) is 18.6 Å². The van der Waals surface area contributed by atoms with Crippen LogP contribution in [0.4, 0.5) is 5.69 Å². The van der Waals surface area contributed by atoms with Crippen molar-refractivity contribution in [3.8, 4) is 0 Å². The predicted molar refractivity (Wildman–Crippen MR) is 67.0 cm³/mol. The molecule has 1 rings (SSSR count). The minimum atomic E-state index is -1.23. The topological polar surface area (TPSA) is 66.4 Å². The van der Waals surface area contributed by atoms with E-state index in [1.54, 1.807) is 0 Å². The van der Waals surface area contributed by atoms with Gasteiger partial charge in [0.2, 0.25) is 5.91 Å². The second-order valence-electron chi connectivity index (χ2n) is 3.38. The number of carbonyl (C=O) groups is 2. The maximum Gasteiger partial charge on any atom is 0.339 e. The average Bonchev–Trinajstić information content (AvgIpc) is 2.23. The van der Waals surface area contributed by atoms with Crippen molar-refractivity contribution in [3.05, 3.63) is 27.7 Å². The molecule has 1 aromatic carbocycles. The maximum absolute atomic E-state index is 11.4. The van der Waals surface area contributed by atoms with Crippen LogP contribution in [-0.4, -0.2) is 17.0 Å². The molecule has 0 radical (unpaired) electrons. The molecule has 0 heterocycles. The molecule has 17 heavy (non-hydrogen) atoms. The molecule has 0 aliphatic heterocycles. The maximum atomic E-state index is 11.4. The lowest BCUT2D eigenvalue weighted by atomic mass is 10.1. The quantitative estimate of drug-likeness (QED) is 0.885. The summed E-state index contributed by atoms with van der Waals surface area (Å²) < 4.78 is 0. The lowest BCUT2D eigenvalue weighted by Crippen LogP contribution is -2.14. The molecule has 0 saturated heterocycles. The Morgan fingerprint density at radius 3 is 2.41 bits per heavy atom. The summed E-state index contributed by atoms with van der Waals surface area (Å²) in [6, 6.07) is 2.82.